The first-order valence-corrected chi connectivity index (χ1v) is 9.56. The van der Waals surface area contributed by atoms with Gasteiger partial charge in [0.15, 0.2) is 6.61 Å². The second kappa shape index (κ2) is 8.98. The average Bonchev–Trinajstić information content (AvgIpc) is 2.89. The number of amides is 1. The summed E-state index contributed by atoms with van der Waals surface area (Å²) >= 11 is 1.41. The van der Waals surface area contributed by atoms with E-state index in [1.807, 2.05) is 0 Å². The number of fused-ring (bicyclic) bond motifs is 1. The first-order valence-electron chi connectivity index (χ1n) is 8.75. The summed E-state index contributed by atoms with van der Waals surface area (Å²) in [5.74, 6) is -0.913. The molecule has 1 N–H and O–H groups in total. The molecule has 142 valence electrons. The largest absolute Gasteiger partial charge is 0.462 e. The van der Waals surface area contributed by atoms with E-state index in [9.17, 15) is 14.4 Å². The number of carbonyl (C=O) groups is 3. The standard InChI is InChI=1S/C19H25NO5S/c1-5-24-19(23)17-13-7-6-12(4)9-14(13)26-18(17)20-15(21)10-25-16(22)8-11(2)3/h8,12H,5-7,9-10H2,1-4H3,(H,20,21). The Morgan fingerprint density at radius 1 is 1.27 bits per heavy atom. The van der Waals surface area contributed by atoms with Crippen LogP contribution >= 0.6 is 11.3 Å². The van der Waals surface area contributed by atoms with Gasteiger partial charge in [0.1, 0.15) is 5.00 Å². The highest BCUT2D eigenvalue weighted by Crippen LogP contribution is 2.40. The molecule has 1 aromatic rings. The highest BCUT2D eigenvalue weighted by atomic mass is 32.1. The fourth-order valence-electron chi connectivity index (χ4n) is 2.83. The SMILES string of the molecule is CCOC(=O)c1c(NC(=O)COC(=O)C=C(C)C)sc2c1CCC(C)C2. The number of hydrogen-bond acceptors (Lipinski definition) is 6. The van der Waals surface area contributed by atoms with Gasteiger partial charge in [0.25, 0.3) is 5.91 Å². The van der Waals surface area contributed by atoms with Crippen molar-refractivity contribution in [1.29, 1.82) is 0 Å². The lowest BCUT2D eigenvalue weighted by molar-refractivity contribution is -0.142. The van der Waals surface area contributed by atoms with Crippen molar-refractivity contribution < 1.29 is 23.9 Å². The molecular weight excluding hydrogens is 354 g/mol. The van der Waals surface area contributed by atoms with Crippen molar-refractivity contribution in [3.63, 3.8) is 0 Å². The molecule has 6 nitrogen and oxygen atoms in total. The van der Waals surface area contributed by atoms with Gasteiger partial charge in [0, 0.05) is 11.0 Å². The minimum atomic E-state index is -0.565. The molecule has 0 spiro atoms. The Balaban J connectivity index is 2.15. The fourth-order valence-corrected chi connectivity index (χ4v) is 4.25. The lowest BCUT2D eigenvalue weighted by Gasteiger charge is -2.18. The van der Waals surface area contributed by atoms with Crippen molar-refractivity contribution in [1.82, 2.24) is 0 Å². The van der Waals surface area contributed by atoms with Crippen molar-refractivity contribution in [2.75, 3.05) is 18.5 Å². The molecule has 2 rings (SSSR count). The van der Waals surface area contributed by atoms with E-state index < -0.39 is 24.5 Å². The van der Waals surface area contributed by atoms with Crippen LogP contribution in [0.3, 0.4) is 0 Å². The van der Waals surface area contributed by atoms with Gasteiger partial charge in [0.05, 0.1) is 12.2 Å². The molecule has 1 atom stereocenters. The predicted octanol–water partition coefficient (Wildman–Crippen LogP) is 3.50. The topological polar surface area (TPSA) is 81.7 Å². The quantitative estimate of drug-likeness (QED) is 0.604. The number of hydrogen-bond donors (Lipinski definition) is 1. The predicted molar refractivity (Wildman–Crippen MR) is 100 cm³/mol. The molecule has 0 aromatic carbocycles. The number of allylic oxidation sites excluding steroid dienone is 1. The van der Waals surface area contributed by atoms with Gasteiger partial charge in [-0.25, -0.2) is 9.59 Å². The maximum Gasteiger partial charge on any atom is 0.341 e. The van der Waals surface area contributed by atoms with E-state index in [2.05, 4.69) is 12.2 Å². The van der Waals surface area contributed by atoms with Gasteiger partial charge >= 0.3 is 11.9 Å². The molecule has 1 aliphatic rings. The third kappa shape index (κ3) is 5.17. The van der Waals surface area contributed by atoms with Gasteiger partial charge in [0.2, 0.25) is 0 Å². The summed E-state index contributed by atoms with van der Waals surface area (Å²) in [5.41, 5.74) is 2.21. The molecule has 0 radical (unpaired) electrons. The van der Waals surface area contributed by atoms with E-state index in [1.165, 1.54) is 17.4 Å². The van der Waals surface area contributed by atoms with Gasteiger partial charge in [-0.15, -0.1) is 11.3 Å². The average molecular weight is 379 g/mol. The molecule has 1 amide bonds. The fraction of sp³-hybridized carbons (Fsp3) is 0.526. The smallest absolute Gasteiger partial charge is 0.341 e. The van der Waals surface area contributed by atoms with Crippen LogP contribution in [0.5, 0.6) is 0 Å². The van der Waals surface area contributed by atoms with Gasteiger partial charge in [-0.3, -0.25) is 4.79 Å². The Bertz CT molecular complexity index is 731. The maximum atomic E-state index is 12.4. The van der Waals surface area contributed by atoms with Crippen LogP contribution in [0.4, 0.5) is 5.00 Å². The molecule has 0 saturated heterocycles. The molecule has 0 saturated carbocycles. The molecule has 7 heteroatoms. The Morgan fingerprint density at radius 2 is 2.00 bits per heavy atom. The summed E-state index contributed by atoms with van der Waals surface area (Å²) in [6.45, 7) is 7.33. The number of nitrogens with one attached hydrogen (secondary N) is 1. The zero-order valence-electron chi connectivity index (χ0n) is 15.6. The van der Waals surface area contributed by atoms with Crippen molar-refractivity contribution in [3.05, 3.63) is 27.7 Å². The number of carbonyl (C=O) groups excluding carboxylic acids is 3. The zero-order chi connectivity index (χ0) is 19.3. The van der Waals surface area contributed by atoms with Crippen molar-refractivity contribution in [3.8, 4) is 0 Å². The Kier molecular flexibility index (Phi) is 6.97. The monoisotopic (exact) mass is 379 g/mol. The Labute approximate surface area is 157 Å². The van der Waals surface area contributed by atoms with Crippen LogP contribution in [0.1, 0.15) is 54.9 Å². The van der Waals surface area contributed by atoms with Crippen molar-refractivity contribution in [2.45, 2.75) is 47.0 Å². The van der Waals surface area contributed by atoms with Gasteiger partial charge < -0.3 is 14.8 Å². The summed E-state index contributed by atoms with van der Waals surface area (Å²) in [6.07, 6.45) is 4.01. The minimum Gasteiger partial charge on any atom is -0.462 e. The normalized spacial score (nSPS) is 15.6. The lowest BCUT2D eigenvalue weighted by Crippen LogP contribution is -2.21. The molecule has 0 aliphatic heterocycles. The maximum absolute atomic E-state index is 12.4. The number of esters is 2. The van der Waals surface area contributed by atoms with Crippen LogP contribution in [0.25, 0.3) is 0 Å². The summed E-state index contributed by atoms with van der Waals surface area (Å²) < 4.78 is 10.1. The third-order valence-electron chi connectivity index (χ3n) is 4.00. The summed E-state index contributed by atoms with van der Waals surface area (Å²) in [4.78, 5) is 37.2. The first kappa shape index (κ1) is 20.2. The van der Waals surface area contributed by atoms with E-state index in [-0.39, 0.29) is 6.61 Å². The van der Waals surface area contributed by atoms with Crippen LogP contribution in [-0.2, 0) is 31.9 Å². The molecule has 1 aromatic heterocycles. The molecule has 26 heavy (non-hydrogen) atoms. The summed E-state index contributed by atoms with van der Waals surface area (Å²) in [6, 6.07) is 0. The second-order valence-corrected chi connectivity index (χ2v) is 7.76. The van der Waals surface area contributed by atoms with Crippen molar-refractivity contribution >= 4 is 34.2 Å². The van der Waals surface area contributed by atoms with E-state index >= 15 is 0 Å². The second-order valence-electron chi connectivity index (χ2n) is 6.65. The van der Waals surface area contributed by atoms with Crippen LogP contribution in [0, 0.1) is 5.92 Å². The molecule has 1 unspecified atom stereocenters. The summed E-state index contributed by atoms with van der Waals surface area (Å²) in [5, 5.41) is 3.19. The van der Waals surface area contributed by atoms with E-state index in [4.69, 9.17) is 9.47 Å². The van der Waals surface area contributed by atoms with Crippen LogP contribution in [-0.4, -0.2) is 31.1 Å². The number of anilines is 1. The highest BCUT2D eigenvalue weighted by Gasteiger charge is 2.29. The molecule has 0 fully saturated rings. The van der Waals surface area contributed by atoms with Crippen molar-refractivity contribution in [2.24, 2.45) is 5.92 Å². The number of ether oxygens (including phenoxy) is 2. The summed E-state index contributed by atoms with van der Waals surface area (Å²) in [7, 11) is 0. The third-order valence-corrected chi connectivity index (χ3v) is 5.17. The molecule has 1 aliphatic carbocycles. The Morgan fingerprint density at radius 3 is 2.65 bits per heavy atom. The van der Waals surface area contributed by atoms with Gasteiger partial charge in [-0.1, -0.05) is 12.5 Å². The van der Waals surface area contributed by atoms with E-state index in [1.54, 1.807) is 20.8 Å². The van der Waals surface area contributed by atoms with E-state index in [0.717, 1.165) is 35.3 Å². The van der Waals surface area contributed by atoms with Gasteiger partial charge in [-0.2, -0.15) is 0 Å². The van der Waals surface area contributed by atoms with E-state index in [0.29, 0.717) is 16.5 Å². The molecule has 1 heterocycles. The molecular formula is C19H25NO5S. The molecule has 0 bridgehead atoms. The lowest BCUT2D eigenvalue weighted by atomic mass is 9.88. The van der Waals surface area contributed by atoms with Crippen LogP contribution < -0.4 is 5.32 Å². The van der Waals surface area contributed by atoms with Crippen LogP contribution in [0.15, 0.2) is 11.6 Å². The number of rotatable bonds is 6. The van der Waals surface area contributed by atoms with Crippen LogP contribution in [0.2, 0.25) is 0 Å². The van der Waals surface area contributed by atoms with Gasteiger partial charge in [-0.05, 0) is 51.5 Å². The minimum absolute atomic E-state index is 0.271. The highest BCUT2D eigenvalue weighted by molar-refractivity contribution is 7.17. The number of thiophene rings is 1. The zero-order valence-corrected chi connectivity index (χ0v) is 16.5. The first-order chi connectivity index (χ1) is 12.3. The Hall–Kier alpha value is -2.15.